The molecule has 0 spiro atoms. The molecule has 5 N–H and O–H groups in total. The second-order valence-electron chi connectivity index (χ2n) is 0.903. The highest BCUT2D eigenvalue weighted by molar-refractivity contribution is 7.40. The van der Waals surface area contributed by atoms with Gasteiger partial charge in [0.1, 0.15) is 0 Å². The highest BCUT2D eigenvalue weighted by atomic mass is 31.2. The molecule has 0 amide bonds. The summed E-state index contributed by atoms with van der Waals surface area (Å²) in [7, 11) is -5.39. The van der Waals surface area contributed by atoms with Crippen LogP contribution in [0.2, 0.25) is 0 Å². The van der Waals surface area contributed by atoms with Crippen LogP contribution in [-0.2, 0) is 4.57 Å². The van der Waals surface area contributed by atoms with Crippen LogP contribution in [0.4, 0.5) is 0 Å². The molecule has 56 valence electrons. The smallest absolute Gasteiger partial charge is 0.183 e. The quantitative estimate of drug-likeness (QED) is 0.183. The monoisotopic (exact) mass is 154 g/mol. The van der Waals surface area contributed by atoms with Crippen LogP contribution in [0.5, 0.6) is 0 Å². The van der Waals surface area contributed by atoms with Gasteiger partial charge in [0.25, 0.3) is 0 Å². The van der Waals surface area contributed by atoms with E-state index in [-0.39, 0.29) is 5.96 Å². The van der Waals surface area contributed by atoms with E-state index in [1.165, 1.54) is 0 Å². The molecule has 0 saturated heterocycles. The van der Waals surface area contributed by atoms with E-state index in [9.17, 15) is 0 Å². The molecule has 9 heavy (non-hydrogen) atoms. The van der Waals surface area contributed by atoms with Gasteiger partial charge in [-0.3, -0.25) is 5.41 Å². The fraction of sp³-hybridized carbons (Fsp3) is 0. The Labute approximate surface area is 51.0 Å². The van der Waals surface area contributed by atoms with Crippen molar-refractivity contribution in [2.24, 2.45) is 11.5 Å². The molecule has 0 aliphatic carbocycles. The van der Waals surface area contributed by atoms with Gasteiger partial charge in [0.2, 0.25) is 0 Å². The first-order valence-corrected chi connectivity index (χ1v) is 3.02. The van der Waals surface area contributed by atoms with Crippen molar-refractivity contribution in [1.82, 2.24) is 0 Å². The average Bonchev–Trinajstić information content (AvgIpc) is 1.19. The number of hydrogen-bond donors (Lipinski definition) is 3. The molecular formula is CH5N3O4P-3. The SMILES string of the molecule is N=C(N)N.O=P([O-])([O-])[O-]. The second-order valence-corrected chi connectivity index (χ2v) is 1.80. The Hall–Kier alpha value is -0.620. The number of nitrogens with one attached hydrogen (secondary N) is 1. The van der Waals surface area contributed by atoms with Crippen molar-refractivity contribution in [2.75, 3.05) is 0 Å². The standard InChI is InChI=1S/CH5N3.H3O4P/c2-1(3)4;1-5(2,3)4/h(H5,2,3,4);(H3,1,2,3,4)/p-3. The molecule has 0 aromatic rings. The van der Waals surface area contributed by atoms with E-state index in [0.29, 0.717) is 0 Å². The third-order valence-corrected chi connectivity index (χ3v) is 0. The molecule has 0 radical (unpaired) electrons. The number of rotatable bonds is 0. The zero-order valence-electron chi connectivity index (χ0n) is 4.23. The van der Waals surface area contributed by atoms with Gasteiger partial charge in [0.15, 0.2) is 5.96 Å². The Morgan fingerprint density at radius 1 is 1.33 bits per heavy atom. The molecule has 0 heterocycles. The lowest BCUT2D eigenvalue weighted by atomic mass is 11.1. The van der Waals surface area contributed by atoms with E-state index in [1.54, 1.807) is 0 Å². The Kier molecular flexibility index (Phi) is 5.33. The highest BCUT2D eigenvalue weighted by Gasteiger charge is 1.52. The minimum atomic E-state index is -5.39. The first kappa shape index (κ1) is 11.2. The number of hydrogen-bond acceptors (Lipinski definition) is 5. The van der Waals surface area contributed by atoms with Crippen molar-refractivity contribution in [2.45, 2.75) is 0 Å². The molecule has 0 aliphatic rings. The van der Waals surface area contributed by atoms with Crippen LogP contribution in [0.25, 0.3) is 0 Å². The fourth-order valence-corrected chi connectivity index (χ4v) is 0. The molecule has 0 unspecified atom stereocenters. The minimum Gasteiger partial charge on any atom is -0.822 e. The predicted octanol–water partition coefficient (Wildman–Crippen LogP) is -3.99. The van der Waals surface area contributed by atoms with Crippen molar-refractivity contribution in [1.29, 1.82) is 5.41 Å². The summed E-state index contributed by atoms with van der Waals surface area (Å²) in [6.45, 7) is 0. The van der Waals surface area contributed by atoms with Crippen LogP contribution in [0.15, 0.2) is 0 Å². The lowest BCUT2D eigenvalue weighted by Gasteiger charge is -2.36. The van der Waals surface area contributed by atoms with Gasteiger partial charge in [-0.05, 0) is 0 Å². The maximum atomic E-state index is 8.55. The molecule has 8 heteroatoms. The largest absolute Gasteiger partial charge is 0.822 e. The van der Waals surface area contributed by atoms with Crippen LogP contribution in [0, 0.1) is 5.41 Å². The third-order valence-electron chi connectivity index (χ3n) is 0. The lowest BCUT2D eigenvalue weighted by molar-refractivity contribution is -0.432. The van der Waals surface area contributed by atoms with Crippen LogP contribution in [0.1, 0.15) is 0 Å². The molecule has 0 aromatic carbocycles. The van der Waals surface area contributed by atoms with Crippen molar-refractivity contribution in [3.63, 3.8) is 0 Å². The van der Waals surface area contributed by atoms with Crippen molar-refractivity contribution >= 4 is 13.8 Å². The van der Waals surface area contributed by atoms with Crippen LogP contribution in [-0.4, -0.2) is 5.96 Å². The van der Waals surface area contributed by atoms with E-state index >= 15 is 0 Å². The topological polar surface area (TPSA) is 162 Å². The molecular weight excluding hydrogens is 149 g/mol. The van der Waals surface area contributed by atoms with Crippen molar-refractivity contribution in [3.8, 4) is 0 Å². The number of phosphoric acid groups is 1. The summed E-state index contributed by atoms with van der Waals surface area (Å²) in [6, 6.07) is 0. The highest BCUT2D eigenvalue weighted by Crippen LogP contribution is 2.03. The summed E-state index contributed by atoms with van der Waals surface area (Å²) in [5.41, 5.74) is 8.94. The second kappa shape index (κ2) is 4.28. The Bertz CT molecular complexity index is 116. The zero-order chi connectivity index (χ0) is 8.08. The fourth-order valence-electron chi connectivity index (χ4n) is 0. The van der Waals surface area contributed by atoms with Gasteiger partial charge in [-0.15, -0.1) is 0 Å². The molecule has 0 atom stereocenters. The van der Waals surface area contributed by atoms with E-state index in [0.717, 1.165) is 0 Å². The summed E-state index contributed by atoms with van der Waals surface area (Å²) < 4.78 is 8.55. The van der Waals surface area contributed by atoms with Gasteiger partial charge in [0.05, 0.1) is 0 Å². The first-order valence-electron chi connectivity index (χ1n) is 1.56. The summed E-state index contributed by atoms with van der Waals surface area (Å²) in [5.74, 6) is -0.333. The van der Waals surface area contributed by atoms with Gasteiger partial charge in [-0.1, -0.05) is 0 Å². The van der Waals surface area contributed by atoms with E-state index < -0.39 is 7.82 Å². The van der Waals surface area contributed by atoms with Crippen molar-refractivity contribution < 1.29 is 19.2 Å². The molecule has 0 aromatic heterocycles. The van der Waals surface area contributed by atoms with E-state index in [1.807, 2.05) is 0 Å². The molecule has 0 fully saturated rings. The van der Waals surface area contributed by atoms with Crippen LogP contribution in [0.3, 0.4) is 0 Å². The number of guanidine groups is 1. The van der Waals surface area contributed by atoms with E-state index in [4.69, 9.17) is 24.7 Å². The summed E-state index contributed by atoms with van der Waals surface area (Å²) in [4.78, 5) is 25.6. The average molecular weight is 154 g/mol. The van der Waals surface area contributed by atoms with Gasteiger partial charge in [-0.2, -0.15) is 7.82 Å². The molecule has 0 saturated carbocycles. The first-order chi connectivity index (χ1) is 3.73. The van der Waals surface area contributed by atoms with Crippen molar-refractivity contribution in [3.05, 3.63) is 0 Å². The molecule has 7 nitrogen and oxygen atoms in total. The normalized spacial score (nSPS) is 9.22. The number of nitrogens with two attached hydrogens (primary N) is 2. The van der Waals surface area contributed by atoms with Gasteiger partial charge in [0, 0.05) is 0 Å². The molecule has 0 rings (SSSR count). The maximum Gasteiger partial charge on any atom is 0.183 e. The Morgan fingerprint density at radius 2 is 1.33 bits per heavy atom. The van der Waals surface area contributed by atoms with Crippen LogP contribution < -0.4 is 26.1 Å². The van der Waals surface area contributed by atoms with Gasteiger partial charge < -0.3 is 30.7 Å². The molecule has 0 aliphatic heterocycles. The Morgan fingerprint density at radius 3 is 1.33 bits per heavy atom. The maximum absolute atomic E-state index is 8.55. The van der Waals surface area contributed by atoms with Crippen LogP contribution >= 0.6 is 7.82 Å². The van der Waals surface area contributed by atoms with E-state index in [2.05, 4.69) is 11.5 Å². The Balaban J connectivity index is 0. The molecule has 0 bridgehead atoms. The van der Waals surface area contributed by atoms with Gasteiger partial charge >= 0.3 is 0 Å². The zero-order valence-corrected chi connectivity index (χ0v) is 5.13. The minimum absolute atomic E-state index is 0.333. The summed E-state index contributed by atoms with van der Waals surface area (Å²) >= 11 is 0. The summed E-state index contributed by atoms with van der Waals surface area (Å²) in [5, 5.41) is 6.06. The third kappa shape index (κ3) is 556. The predicted molar refractivity (Wildman–Crippen MR) is 23.7 cm³/mol. The van der Waals surface area contributed by atoms with Gasteiger partial charge in [-0.25, -0.2) is 0 Å². The summed E-state index contributed by atoms with van der Waals surface area (Å²) in [6.07, 6.45) is 0. The lowest BCUT2D eigenvalue weighted by Crippen LogP contribution is -2.24.